The van der Waals surface area contributed by atoms with Gasteiger partial charge in [0.15, 0.2) is 5.65 Å². The minimum absolute atomic E-state index is 0.0840. The van der Waals surface area contributed by atoms with Crippen LogP contribution in [0.1, 0.15) is 44.6 Å². The number of carbonyl (C=O) groups excluding carboxylic acids is 1. The summed E-state index contributed by atoms with van der Waals surface area (Å²) in [6.45, 7) is 1.35. The van der Waals surface area contributed by atoms with Crippen molar-refractivity contribution in [2.45, 2.75) is 50.6 Å². The first-order chi connectivity index (χ1) is 16.9. The molecular formula is C23H26ClF2N7O2. The maximum absolute atomic E-state index is 14.6. The van der Waals surface area contributed by atoms with E-state index in [4.69, 9.17) is 27.1 Å². The Kier molecular flexibility index (Phi) is 6.70. The van der Waals surface area contributed by atoms with E-state index in [1.54, 1.807) is 6.20 Å². The number of aromatic nitrogens is 4. The zero-order chi connectivity index (χ0) is 24.5. The van der Waals surface area contributed by atoms with Gasteiger partial charge in [0.25, 0.3) is 0 Å². The summed E-state index contributed by atoms with van der Waals surface area (Å²) in [5, 5.41) is 5.87. The largest absolute Gasteiger partial charge is 0.381 e. The molecule has 1 aromatic carbocycles. The van der Waals surface area contributed by atoms with Crippen molar-refractivity contribution < 1.29 is 18.3 Å². The SMILES string of the molecule is NC(=O)C1CCC(n2c(Nc3c(F)ccc(F)c3Cl)nc3cnc(NC4CCOCC4)nc32)CC1. The van der Waals surface area contributed by atoms with Crippen molar-refractivity contribution >= 4 is 46.3 Å². The lowest BCUT2D eigenvalue weighted by atomic mass is 9.85. The predicted molar refractivity (Wildman–Crippen MR) is 128 cm³/mol. The summed E-state index contributed by atoms with van der Waals surface area (Å²) >= 11 is 6.06. The zero-order valence-corrected chi connectivity index (χ0v) is 19.7. The molecule has 1 aliphatic heterocycles. The lowest BCUT2D eigenvalue weighted by Crippen LogP contribution is -2.29. The van der Waals surface area contributed by atoms with Crippen molar-refractivity contribution in [1.82, 2.24) is 19.5 Å². The number of nitrogens with one attached hydrogen (secondary N) is 2. The number of carbonyl (C=O) groups is 1. The smallest absolute Gasteiger partial charge is 0.224 e. The van der Waals surface area contributed by atoms with Crippen molar-refractivity contribution in [3.8, 4) is 0 Å². The van der Waals surface area contributed by atoms with E-state index in [2.05, 4.69) is 20.6 Å². The molecule has 0 bridgehead atoms. The Bertz CT molecular complexity index is 1240. The summed E-state index contributed by atoms with van der Waals surface area (Å²) in [6.07, 6.45) is 5.84. The average molecular weight is 506 g/mol. The molecule has 1 saturated heterocycles. The van der Waals surface area contributed by atoms with Crippen LogP contribution in [0.25, 0.3) is 11.2 Å². The zero-order valence-electron chi connectivity index (χ0n) is 18.9. The van der Waals surface area contributed by atoms with Gasteiger partial charge in [-0.3, -0.25) is 9.36 Å². The van der Waals surface area contributed by atoms with Crippen LogP contribution < -0.4 is 16.4 Å². The number of fused-ring (bicyclic) bond motifs is 1. The third-order valence-electron chi connectivity index (χ3n) is 6.73. The minimum atomic E-state index is -0.747. The van der Waals surface area contributed by atoms with Crippen LogP contribution >= 0.6 is 11.6 Å². The van der Waals surface area contributed by atoms with Crippen LogP contribution in [0.15, 0.2) is 18.3 Å². The predicted octanol–water partition coefficient (Wildman–Crippen LogP) is 4.31. The summed E-state index contributed by atoms with van der Waals surface area (Å²) in [6, 6.07) is 2.08. The lowest BCUT2D eigenvalue weighted by molar-refractivity contribution is -0.122. The van der Waals surface area contributed by atoms with Gasteiger partial charge in [0.1, 0.15) is 22.2 Å². The van der Waals surface area contributed by atoms with Gasteiger partial charge in [0, 0.05) is 31.2 Å². The van der Waals surface area contributed by atoms with E-state index in [1.165, 1.54) is 0 Å². The Labute approximate surface area is 205 Å². The molecule has 1 aliphatic carbocycles. The number of imidazole rings is 1. The fourth-order valence-electron chi connectivity index (χ4n) is 4.79. The molecule has 0 unspecified atom stereocenters. The van der Waals surface area contributed by atoms with Gasteiger partial charge in [0.2, 0.25) is 17.8 Å². The topological polar surface area (TPSA) is 120 Å². The molecule has 2 fully saturated rings. The van der Waals surface area contributed by atoms with Crippen LogP contribution in [0, 0.1) is 17.6 Å². The normalized spacial score (nSPS) is 21.2. The summed E-state index contributed by atoms with van der Waals surface area (Å²) in [4.78, 5) is 25.4. The molecule has 1 saturated carbocycles. The van der Waals surface area contributed by atoms with Gasteiger partial charge in [-0.1, -0.05) is 11.6 Å². The van der Waals surface area contributed by atoms with Crippen molar-refractivity contribution in [2.24, 2.45) is 11.7 Å². The number of ether oxygens (including phenoxy) is 1. The van der Waals surface area contributed by atoms with E-state index >= 15 is 0 Å². The highest BCUT2D eigenvalue weighted by molar-refractivity contribution is 6.33. The van der Waals surface area contributed by atoms with Gasteiger partial charge in [-0.15, -0.1) is 0 Å². The Morgan fingerprint density at radius 1 is 1.09 bits per heavy atom. The van der Waals surface area contributed by atoms with Crippen molar-refractivity contribution in [3.05, 3.63) is 35.0 Å². The Morgan fingerprint density at radius 2 is 1.80 bits per heavy atom. The van der Waals surface area contributed by atoms with E-state index < -0.39 is 11.6 Å². The number of halogens is 3. The number of hydrogen-bond acceptors (Lipinski definition) is 7. The first-order valence-electron chi connectivity index (χ1n) is 11.7. The molecule has 2 aromatic heterocycles. The molecule has 2 aliphatic rings. The Morgan fingerprint density at radius 3 is 2.51 bits per heavy atom. The van der Waals surface area contributed by atoms with Crippen LogP contribution in [0.3, 0.4) is 0 Å². The number of anilines is 3. The van der Waals surface area contributed by atoms with Crippen molar-refractivity contribution in [3.63, 3.8) is 0 Å². The monoisotopic (exact) mass is 505 g/mol. The maximum Gasteiger partial charge on any atom is 0.224 e. The molecule has 12 heteroatoms. The number of rotatable bonds is 6. The number of benzene rings is 1. The molecule has 1 amide bonds. The molecule has 0 atom stereocenters. The maximum atomic E-state index is 14.6. The van der Waals surface area contributed by atoms with Gasteiger partial charge in [-0.2, -0.15) is 4.98 Å². The van der Waals surface area contributed by atoms with E-state index in [1.807, 2.05) is 4.57 Å². The van der Waals surface area contributed by atoms with Crippen molar-refractivity contribution in [1.29, 1.82) is 0 Å². The first kappa shape index (κ1) is 23.7. The summed E-state index contributed by atoms with van der Waals surface area (Å²) in [5.74, 6) is -1.23. The molecule has 0 spiro atoms. The molecule has 0 radical (unpaired) electrons. The molecule has 9 nitrogen and oxygen atoms in total. The van der Waals surface area contributed by atoms with Gasteiger partial charge >= 0.3 is 0 Å². The molecule has 5 rings (SSSR count). The third-order valence-corrected chi connectivity index (χ3v) is 7.10. The average Bonchev–Trinajstić information content (AvgIpc) is 3.22. The number of hydrogen-bond donors (Lipinski definition) is 3. The highest BCUT2D eigenvalue weighted by Gasteiger charge is 2.30. The number of primary amides is 1. The third kappa shape index (κ3) is 4.87. The first-order valence-corrected chi connectivity index (χ1v) is 12.1. The highest BCUT2D eigenvalue weighted by atomic mass is 35.5. The van der Waals surface area contributed by atoms with Crippen molar-refractivity contribution in [2.75, 3.05) is 23.8 Å². The number of nitrogens with two attached hydrogens (primary N) is 1. The molecule has 3 heterocycles. The summed E-state index contributed by atoms with van der Waals surface area (Å²) in [7, 11) is 0. The van der Waals surface area contributed by atoms with Crippen LogP contribution in [-0.2, 0) is 9.53 Å². The Balaban J connectivity index is 1.53. The lowest BCUT2D eigenvalue weighted by Gasteiger charge is -2.29. The minimum Gasteiger partial charge on any atom is -0.381 e. The molecule has 35 heavy (non-hydrogen) atoms. The second-order valence-corrected chi connectivity index (χ2v) is 9.37. The Hall–Kier alpha value is -3.05. The van der Waals surface area contributed by atoms with E-state index in [0.717, 1.165) is 25.0 Å². The second-order valence-electron chi connectivity index (χ2n) is 8.99. The van der Waals surface area contributed by atoms with E-state index in [-0.39, 0.29) is 40.6 Å². The summed E-state index contributed by atoms with van der Waals surface area (Å²) < 4.78 is 35.9. The number of nitrogens with zero attached hydrogens (tertiary/aromatic N) is 4. The van der Waals surface area contributed by atoms with Gasteiger partial charge < -0.3 is 21.1 Å². The molecule has 4 N–H and O–H groups in total. The van der Waals surface area contributed by atoms with Crippen LogP contribution in [0.5, 0.6) is 0 Å². The fraction of sp³-hybridized carbons (Fsp3) is 0.478. The molecular weight excluding hydrogens is 480 g/mol. The molecule has 186 valence electrons. The summed E-state index contributed by atoms with van der Waals surface area (Å²) in [5.41, 5.74) is 6.35. The van der Waals surface area contributed by atoms with Gasteiger partial charge in [0.05, 0.1) is 11.9 Å². The second kappa shape index (κ2) is 9.90. The van der Waals surface area contributed by atoms with E-state index in [0.29, 0.717) is 56.0 Å². The van der Waals surface area contributed by atoms with Gasteiger partial charge in [-0.05, 0) is 50.7 Å². The van der Waals surface area contributed by atoms with Gasteiger partial charge in [-0.25, -0.2) is 18.7 Å². The fourth-order valence-corrected chi connectivity index (χ4v) is 4.99. The highest BCUT2D eigenvalue weighted by Crippen LogP contribution is 2.38. The van der Waals surface area contributed by atoms with Crippen LogP contribution in [0.4, 0.5) is 26.4 Å². The number of amides is 1. The quantitative estimate of drug-likeness (QED) is 0.427. The van der Waals surface area contributed by atoms with E-state index in [9.17, 15) is 13.6 Å². The molecule has 3 aromatic rings. The van der Waals surface area contributed by atoms with Crippen LogP contribution in [-0.4, -0.2) is 44.7 Å². The standard InChI is InChI=1S/C23H26ClF2N7O2/c24-18-15(25)5-6-16(26)19(18)31-23-30-17-11-28-22(29-13-7-9-35-10-8-13)32-21(17)33(23)14-3-1-12(2-4-14)20(27)34/h5-6,11-14H,1-4,7-10H2,(H2,27,34)(H,30,31)(H,28,29,32). The van der Waals surface area contributed by atoms with Crippen LogP contribution in [0.2, 0.25) is 5.02 Å².